The molecule has 0 aliphatic heterocycles. The SMILES string of the molecule is CN(C)CCCc1[nH]c(=O)ccc1-c1ccc(C(=O)NCCc2ccc3[nH]cc(C(=N)N)c3c2)cc1. The molecule has 4 aromatic rings. The van der Waals surface area contributed by atoms with E-state index in [0.29, 0.717) is 24.1 Å². The van der Waals surface area contributed by atoms with E-state index in [1.54, 1.807) is 6.20 Å². The molecule has 2 heterocycles. The first-order valence-electron chi connectivity index (χ1n) is 12.0. The number of hydrogen-bond donors (Lipinski definition) is 5. The maximum atomic E-state index is 12.7. The highest BCUT2D eigenvalue weighted by Crippen LogP contribution is 2.23. The number of amidine groups is 1. The molecule has 0 spiro atoms. The van der Waals surface area contributed by atoms with Crippen molar-refractivity contribution in [2.24, 2.45) is 5.73 Å². The third-order valence-corrected chi connectivity index (χ3v) is 6.23. The standard InChI is InChI=1S/C28H32N6O2/c1-34(2)15-3-4-25-21(10-12-26(35)33-25)19-6-8-20(9-7-19)28(36)31-14-13-18-5-11-24-22(16-18)23(17-32-24)27(29)30/h5-12,16-17,32H,3-4,13-15H2,1-2H3,(H3,29,30)(H,31,36)(H,33,35). The summed E-state index contributed by atoms with van der Waals surface area (Å²) >= 11 is 0. The van der Waals surface area contributed by atoms with Crippen LogP contribution in [-0.2, 0) is 12.8 Å². The van der Waals surface area contributed by atoms with Gasteiger partial charge in [-0.3, -0.25) is 15.0 Å². The van der Waals surface area contributed by atoms with Gasteiger partial charge in [-0.25, -0.2) is 0 Å². The smallest absolute Gasteiger partial charge is 0.251 e. The molecule has 8 nitrogen and oxygen atoms in total. The molecular weight excluding hydrogens is 452 g/mol. The second kappa shape index (κ2) is 11.0. The van der Waals surface area contributed by atoms with Gasteiger partial charge in [-0.15, -0.1) is 0 Å². The number of H-pyrrole nitrogens is 2. The number of fused-ring (bicyclic) bond motifs is 1. The van der Waals surface area contributed by atoms with Crippen LogP contribution >= 0.6 is 0 Å². The number of amides is 1. The Morgan fingerprint density at radius 1 is 1.06 bits per heavy atom. The van der Waals surface area contributed by atoms with Crippen LogP contribution in [0.5, 0.6) is 0 Å². The van der Waals surface area contributed by atoms with Crippen LogP contribution in [0.4, 0.5) is 0 Å². The summed E-state index contributed by atoms with van der Waals surface area (Å²) in [7, 11) is 4.06. The minimum Gasteiger partial charge on any atom is -0.384 e. The van der Waals surface area contributed by atoms with Crippen molar-refractivity contribution in [3.05, 3.63) is 93.5 Å². The van der Waals surface area contributed by atoms with E-state index in [2.05, 4.69) is 20.2 Å². The number of benzene rings is 2. The number of rotatable bonds is 10. The molecule has 0 unspecified atom stereocenters. The van der Waals surface area contributed by atoms with Gasteiger partial charge in [0.25, 0.3) is 5.91 Å². The first-order chi connectivity index (χ1) is 17.3. The lowest BCUT2D eigenvalue weighted by Gasteiger charge is -2.12. The van der Waals surface area contributed by atoms with E-state index in [4.69, 9.17) is 11.1 Å². The van der Waals surface area contributed by atoms with Gasteiger partial charge < -0.3 is 25.9 Å². The van der Waals surface area contributed by atoms with Crippen molar-refractivity contribution >= 4 is 22.6 Å². The Balaban J connectivity index is 1.39. The molecule has 4 rings (SSSR count). The third-order valence-electron chi connectivity index (χ3n) is 6.23. The second-order valence-electron chi connectivity index (χ2n) is 9.20. The normalized spacial score (nSPS) is 11.2. The largest absolute Gasteiger partial charge is 0.384 e. The minimum atomic E-state index is -0.138. The van der Waals surface area contributed by atoms with Crippen LogP contribution in [0.15, 0.2) is 65.6 Å². The molecule has 2 aromatic carbocycles. The number of pyridine rings is 1. The van der Waals surface area contributed by atoms with Gasteiger partial charge in [0.2, 0.25) is 5.56 Å². The van der Waals surface area contributed by atoms with Gasteiger partial charge in [0, 0.05) is 52.1 Å². The summed E-state index contributed by atoms with van der Waals surface area (Å²) in [4.78, 5) is 32.8. The fraction of sp³-hybridized carbons (Fsp3) is 0.250. The zero-order valence-corrected chi connectivity index (χ0v) is 20.7. The maximum Gasteiger partial charge on any atom is 0.251 e. The number of carbonyl (C=O) groups excluding carboxylic acids is 1. The summed E-state index contributed by atoms with van der Waals surface area (Å²) in [5.74, 6) is -0.112. The maximum absolute atomic E-state index is 12.7. The Labute approximate surface area is 210 Å². The van der Waals surface area contributed by atoms with Gasteiger partial charge in [-0.05, 0) is 81.4 Å². The van der Waals surface area contributed by atoms with Crippen molar-refractivity contribution < 1.29 is 4.79 Å². The predicted octanol–water partition coefficient (Wildman–Crippen LogP) is 3.27. The molecule has 0 saturated carbocycles. The van der Waals surface area contributed by atoms with Crippen molar-refractivity contribution in [1.29, 1.82) is 5.41 Å². The molecule has 0 bridgehead atoms. The molecular formula is C28H32N6O2. The average molecular weight is 485 g/mol. The van der Waals surface area contributed by atoms with Crippen molar-refractivity contribution in [3.63, 3.8) is 0 Å². The second-order valence-corrected chi connectivity index (χ2v) is 9.20. The number of nitrogen functional groups attached to an aromatic ring is 1. The fourth-order valence-electron chi connectivity index (χ4n) is 4.33. The Hall–Kier alpha value is -4.17. The van der Waals surface area contributed by atoms with Crippen LogP contribution in [0, 0.1) is 5.41 Å². The molecule has 6 N–H and O–H groups in total. The number of nitrogens with two attached hydrogens (primary N) is 1. The van der Waals surface area contributed by atoms with Crippen LogP contribution in [0.25, 0.3) is 22.0 Å². The van der Waals surface area contributed by atoms with E-state index in [-0.39, 0.29) is 17.3 Å². The quantitative estimate of drug-likeness (QED) is 0.175. The molecule has 0 saturated heterocycles. The Kier molecular flexibility index (Phi) is 7.65. The number of aromatic amines is 2. The zero-order chi connectivity index (χ0) is 25.7. The summed E-state index contributed by atoms with van der Waals surface area (Å²) in [6.45, 7) is 1.42. The monoisotopic (exact) mass is 484 g/mol. The predicted molar refractivity (Wildman–Crippen MR) is 145 cm³/mol. The van der Waals surface area contributed by atoms with Crippen LogP contribution in [0.1, 0.15) is 33.6 Å². The van der Waals surface area contributed by atoms with Gasteiger partial charge >= 0.3 is 0 Å². The number of aryl methyl sites for hydroxylation is 1. The van der Waals surface area contributed by atoms with Crippen molar-refractivity contribution in [2.45, 2.75) is 19.3 Å². The third kappa shape index (κ3) is 5.90. The van der Waals surface area contributed by atoms with Gasteiger partial charge in [0.05, 0.1) is 0 Å². The summed E-state index contributed by atoms with van der Waals surface area (Å²) in [6.07, 6.45) is 4.11. The lowest BCUT2D eigenvalue weighted by Crippen LogP contribution is -2.25. The van der Waals surface area contributed by atoms with E-state index in [9.17, 15) is 9.59 Å². The van der Waals surface area contributed by atoms with E-state index in [1.807, 2.05) is 62.6 Å². The summed E-state index contributed by atoms with van der Waals surface area (Å²) < 4.78 is 0. The molecule has 0 atom stereocenters. The van der Waals surface area contributed by atoms with Crippen molar-refractivity contribution in [2.75, 3.05) is 27.2 Å². The van der Waals surface area contributed by atoms with E-state index in [1.165, 1.54) is 6.07 Å². The lowest BCUT2D eigenvalue weighted by atomic mass is 10.00. The summed E-state index contributed by atoms with van der Waals surface area (Å²) in [5.41, 5.74) is 11.6. The molecule has 186 valence electrons. The molecule has 8 heteroatoms. The zero-order valence-electron chi connectivity index (χ0n) is 20.7. The van der Waals surface area contributed by atoms with Crippen LogP contribution in [0.3, 0.4) is 0 Å². The minimum absolute atomic E-state index is 0.0256. The molecule has 0 radical (unpaired) electrons. The average Bonchev–Trinajstić information content (AvgIpc) is 3.28. The Morgan fingerprint density at radius 2 is 1.83 bits per heavy atom. The first kappa shape index (κ1) is 24.9. The molecule has 0 aliphatic carbocycles. The lowest BCUT2D eigenvalue weighted by molar-refractivity contribution is 0.0954. The highest BCUT2D eigenvalue weighted by Gasteiger charge is 2.11. The van der Waals surface area contributed by atoms with E-state index < -0.39 is 0 Å². The molecule has 0 aliphatic rings. The molecule has 0 fully saturated rings. The van der Waals surface area contributed by atoms with Gasteiger partial charge in [-0.1, -0.05) is 18.2 Å². The highest BCUT2D eigenvalue weighted by molar-refractivity contribution is 6.07. The van der Waals surface area contributed by atoms with Gasteiger partial charge in [0.15, 0.2) is 0 Å². The van der Waals surface area contributed by atoms with Crippen LogP contribution in [-0.4, -0.2) is 53.8 Å². The van der Waals surface area contributed by atoms with Gasteiger partial charge in [-0.2, -0.15) is 0 Å². The number of nitrogens with zero attached hydrogens (tertiary/aromatic N) is 1. The molecule has 1 amide bonds. The van der Waals surface area contributed by atoms with Crippen LogP contribution in [0.2, 0.25) is 0 Å². The fourth-order valence-corrected chi connectivity index (χ4v) is 4.33. The van der Waals surface area contributed by atoms with Crippen molar-refractivity contribution in [3.8, 4) is 11.1 Å². The Bertz CT molecular complexity index is 1430. The number of carbonyl (C=O) groups is 1. The summed E-state index contributed by atoms with van der Waals surface area (Å²) in [5, 5.41) is 11.6. The molecule has 2 aromatic heterocycles. The van der Waals surface area contributed by atoms with E-state index in [0.717, 1.165) is 52.7 Å². The number of hydrogen-bond acceptors (Lipinski definition) is 4. The number of nitrogens with one attached hydrogen (secondary N) is 4. The Morgan fingerprint density at radius 3 is 2.56 bits per heavy atom. The van der Waals surface area contributed by atoms with Crippen LogP contribution < -0.4 is 16.6 Å². The van der Waals surface area contributed by atoms with Gasteiger partial charge in [0.1, 0.15) is 5.84 Å². The number of aromatic nitrogens is 2. The highest BCUT2D eigenvalue weighted by atomic mass is 16.1. The summed E-state index contributed by atoms with van der Waals surface area (Å²) in [6, 6.07) is 16.8. The first-order valence-corrected chi connectivity index (χ1v) is 12.0. The van der Waals surface area contributed by atoms with Crippen molar-refractivity contribution in [1.82, 2.24) is 20.2 Å². The van der Waals surface area contributed by atoms with E-state index >= 15 is 0 Å². The molecule has 36 heavy (non-hydrogen) atoms. The topological polar surface area (TPSA) is 131 Å².